The van der Waals surface area contributed by atoms with Gasteiger partial charge in [-0.1, -0.05) is 26.2 Å². The van der Waals surface area contributed by atoms with Crippen LogP contribution in [0.1, 0.15) is 44.0 Å². The molecule has 0 saturated heterocycles. The quantitative estimate of drug-likeness (QED) is 0.663. The molecule has 5 nitrogen and oxygen atoms in total. The van der Waals surface area contributed by atoms with Crippen LogP contribution in [0.5, 0.6) is 0 Å². The second kappa shape index (κ2) is 6.54. The van der Waals surface area contributed by atoms with Crippen LogP contribution in [0.4, 0.5) is 0 Å². The van der Waals surface area contributed by atoms with E-state index in [-0.39, 0.29) is 11.9 Å². The third-order valence-corrected chi connectivity index (χ3v) is 3.38. The molecule has 2 heterocycles. The van der Waals surface area contributed by atoms with Crippen molar-refractivity contribution in [3.05, 3.63) is 17.7 Å². The first-order chi connectivity index (χ1) is 8.81. The number of nitrogens with one attached hydrogen (secondary N) is 3. The first-order valence-corrected chi connectivity index (χ1v) is 6.83. The summed E-state index contributed by atoms with van der Waals surface area (Å²) in [5.41, 5.74) is 2.11. The lowest BCUT2D eigenvalue weighted by Gasteiger charge is -2.22. The molecule has 1 aromatic heterocycles. The second-order valence-electron chi connectivity index (χ2n) is 4.82. The number of H-pyrrole nitrogens is 1. The fourth-order valence-corrected chi connectivity index (χ4v) is 2.24. The summed E-state index contributed by atoms with van der Waals surface area (Å²) < 4.78 is 0. The molecule has 0 aromatic carbocycles. The molecule has 5 heteroatoms. The largest absolute Gasteiger partial charge is 0.355 e. The summed E-state index contributed by atoms with van der Waals surface area (Å²) in [5.74, 6) is 0.0974. The maximum atomic E-state index is 12.0. The standard InChI is InChI=1S/C13H22N4O/c1-2-3-4-5-6-14-13(18)11-7-10-12(8-15-11)17-9-16-10/h9,11,15H,2-8H2,1H3,(H,14,18)(H,16,17). The van der Waals surface area contributed by atoms with Crippen LogP contribution >= 0.6 is 0 Å². The van der Waals surface area contributed by atoms with Crippen LogP contribution in [0, 0.1) is 0 Å². The van der Waals surface area contributed by atoms with Crippen molar-refractivity contribution in [1.82, 2.24) is 20.6 Å². The first kappa shape index (κ1) is 13.1. The van der Waals surface area contributed by atoms with Gasteiger partial charge in [-0.05, 0) is 6.42 Å². The summed E-state index contributed by atoms with van der Waals surface area (Å²) in [6.45, 7) is 3.67. The smallest absolute Gasteiger partial charge is 0.237 e. The Morgan fingerprint density at radius 3 is 3.22 bits per heavy atom. The van der Waals surface area contributed by atoms with Gasteiger partial charge in [0.1, 0.15) is 0 Å². The van der Waals surface area contributed by atoms with Crippen LogP contribution in [0.2, 0.25) is 0 Å². The number of carbonyl (C=O) groups is 1. The van der Waals surface area contributed by atoms with E-state index in [4.69, 9.17) is 0 Å². The normalized spacial score (nSPS) is 18.4. The van der Waals surface area contributed by atoms with Crippen LogP contribution in [0.15, 0.2) is 6.33 Å². The van der Waals surface area contributed by atoms with Gasteiger partial charge in [0.05, 0.1) is 23.8 Å². The van der Waals surface area contributed by atoms with Crippen LogP contribution in [-0.4, -0.2) is 28.5 Å². The van der Waals surface area contributed by atoms with Crippen molar-refractivity contribution in [2.75, 3.05) is 6.54 Å². The molecule has 1 unspecified atom stereocenters. The van der Waals surface area contributed by atoms with Gasteiger partial charge in [0.25, 0.3) is 0 Å². The Bertz CT molecular complexity index is 388. The Morgan fingerprint density at radius 2 is 2.39 bits per heavy atom. The second-order valence-corrected chi connectivity index (χ2v) is 4.82. The number of rotatable bonds is 6. The highest BCUT2D eigenvalue weighted by Gasteiger charge is 2.25. The number of unbranched alkanes of at least 4 members (excludes halogenated alkanes) is 3. The van der Waals surface area contributed by atoms with E-state index in [2.05, 4.69) is 27.5 Å². The van der Waals surface area contributed by atoms with E-state index in [0.29, 0.717) is 13.0 Å². The number of imidazole rings is 1. The summed E-state index contributed by atoms with van der Waals surface area (Å²) in [6.07, 6.45) is 7.10. The topological polar surface area (TPSA) is 69.8 Å². The van der Waals surface area contributed by atoms with E-state index in [9.17, 15) is 4.79 Å². The van der Waals surface area contributed by atoms with Crippen molar-refractivity contribution in [1.29, 1.82) is 0 Å². The third-order valence-electron chi connectivity index (χ3n) is 3.38. The average Bonchev–Trinajstić information content (AvgIpc) is 2.85. The van der Waals surface area contributed by atoms with Crippen molar-refractivity contribution in [2.24, 2.45) is 0 Å². The van der Waals surface area contributed by atoms with Gasteiger partial charge < -0.3 is 10.3 Å². The number of amides is 1. The number of hydrogen-bond acceptors (Lipinski definition) is 3. The molecule has 0 aliphatic carbocycles. The summed E-state index contributed by atoms with van der Waals surface area (Å²) in [4.78, 5) is 19.3. The van der Waals surface area contributed by atoms with Crippen LogP contribution in [0.3, 0.4) is 0 Å². The Labute approximate surface area is 108 Å². The fourth-order valence-electron chi connectivity index (χ4n) is 2.24. The molecule has 2 rings (SSSR count). The van der Waals surface area contributed by atoms with Gasteiger partial charge in [0.15, 0.2) is 0 Å². The van der Waals surface area contributed by atoms with Gasteiger partial charge in [-0.15, -0.1) is 0 Å². The number of fused-ring (bicyclic) bond motifs is 1. The molecule has 1 amide bonds. The highest BCUT2D eigenvalue weighted by Crippen LogP contribution is 2.12. The van der Waals surface area contributed by atoms with Gasteiger partial charge in [0, 0.05) is 19.5 Å². The molecule has 1 aliphatic heterocycles. The van der Waals surface area contributed by atoms with Crippen molar-refractivity contribution in [3.63, 3.8) is 0 Å². The zero-order chi connectivity index (χ0) is 12.8. The van der Waals surface area contributed by atoms with E-state index in [1.165, 1.54) is 19.3 Å². The number of carbonyl (C=O) groups excluding carboxylic acids is 1. The third kappa shape index (κ3) is 3.32. The van der Waals surface area contributed by atoms with Crippen LogP contribution in [-0.2, 0) is 17.8 Å². The SMILES string of the molecule is CCCCCCNC(=O)C1Cc2nc[nH]c2CN1. The zero-order valence-corrected chi connectivity index (χ0v) is 11.0. The van der Waals surface area contributed by atoms with Gasteiger partial charge in [-0.3, -0.25) is 10.1 Å². The predicted octanol–water partition coefficient (Wildman–Crippen LogP) is 1.12. The summed E-state index contributed by atoms with van der Waals surface area (Å²) in [5, 5.41) is 6.22. The molecule has 1 aromatic rings. The van der Waals surface area contributed by atoms with E-state index in [1.54, 1.807) is 6.33 Å². The minimum Gasteiger partial charge on any atom is -0.355 e. The molecule has 3 N–H and O–H groups in total. The predicted molar refractivity (Wildman–Crippen MR) is 70.1 cm³/mol. The highest BCUT2D eigenvalue weighted by atomic mass is 16.2. The average molecular weight is 250 g/mol. The maximum absolute atomic E-state index is 12.0. The van der Waals surface area contributed by atoms with Gasteiger partial charge in [-0.2, -0.15) is 0 Å². The van der Waals surface area contributed by atoms with E-state index < -0.39 is 0 Å². The minimum absolute atomic E-state index is 0.0974. The Balaban J connectivity index is 1.71. The zero-order valence-electron chi connectivity index (χ0n) is 11.0. The molecule has 18 heavy (non-hydrogen) atoms. The number of aromatic nitrogens is 2. The Morgan fingerprint density at radius 1 is 1.50 bits per heavy atom. The Hall–Kier alpha value is -1.36. The minimum atomic E-state index is -0.132. The fraction of sp³-hybridized carbons (Fsp3) is 0.692. The summed E-state index contributed by atoms with van der Waals surface area (Å²) in [6, 6.07) is -0.132. The molecule has 0 spiro atoms. The van der Waals surface area contributed by atoms with Crippen molar-refractivity contribution in [3.8, 4) is 0 Å². The number of hydrogen-bond donors (Lipinski definition) is 3. The van der Waals surface area contributed by atoms with Gasteiger partial charge in [0.2, 0.25) is 5.91 Å². The molecule has 100 valence electrons. The lowest BCUT2D eigenvalue weighted by Crippen LogP contribution is -2.47. The van der Waals surface area contributed by atoms with Crippen LogP contribution in [0.25, 0.3) is 0 Å². The van der Waals surface area contributed by atoms with Crippen molar-refractivity contribution in [2.45, 2.75) is 51.6 Å². The number of nitrogens with zero attached hydrogens (tertiary/aromatic N) is 1. The van der Waals surface area contributed by atoms with Crippen LogP contribution < -0.4 is 10.6 Å². The lowest BCUT2D eigenvalue weighted by molar-refractivity contribution is -0.123. The molecule has 1 aliphatic rings. The van der Waals surface area contributed by atoms with Gasteiger partial charge >= 0.3 is 0 Å². The van der Waals surface area contributed by atoms with Gasteiger partial charge in [-0.25, -0.2) is 4.98 Å². The molecular formula is C13H22N4O. The first-order valence-electron chi connectivity index (χ1n) is 6.83. The van der Waals surface area contributed by atoms with E-state index in [1.807, 2.05) is 0 Å². The molecular weight excluding hydrogens is 228 g/mol. The monoisotopic (exact) mass is 250 g/mol. The van der Waals surface area contributed by atoms with E-state index >= 15 is 0 Å². The lowest BCUT2D eigenvalue weighted by atomic mass is 10.0. The molecule has 1 atom stereocenters. The molecule has 0 bridgehead atoms. The van der Waals surface area contributed by atoms with Crippen molar-refractivity contribution < 1.29 is 4.79 Å². The maximum Gasteiger partial charge on any atom is 0.237 e. The van der Waals surface area contributed by atoms with E-state index in [0.717, 1.165) is 24.4 Å². The molecule has 0 fully saturated rings. The highest BCUT2D eigenvalue weighted by molar-refractivity contribution is 5.82. The Kier molecular flexibility index (Phi) is 4.75. The number of aromatic amines is 1. The molecule has 0 saturated carbocycles. The molecule has 0 radical (unpaired) electrons. The summed E-state index contributed by atoms with van der Waals surface area (Å²) in [7, 11) is 0. The summed E-state index contributed by atoms with van der Waals surface area (Å²) >= 11 is 0. The van der Waals surface area contributed by atoms with Crippen molar-refractivity contribution >= 4 is 5.91 Å².